The van der Waals surface area contributed by atoms with Crippen LogP contribution in [-0.4, -0.2) is 67.4 Å². The minimum Gasteiger partial charge on any atom is -0.496 e. The van der Waals surface area contributed by atoms with Crippen molar-refractivity contribution in [3.05, 3.63) is 41.5 Å². The van der Waals surface area contributed by atoms with Gasteiger partial charge in [0.2, 0.25) is 5.91 Å². The van der Waals surface area contributed by atoms with Crippen molar-refractivity contribution in [2.75, 3.05) is 56.2 Å². The predicted octanol–water partition coefficient (Wildman–Crippen LogP) is 2.92. The van der Waals surface area contributed by atoms with E-state index in [1.54, 1.807) is 7.11 Å². The molecule has 0 N–H and O–H groups in total. The first kappa shape index (κ1) is 21.4. The zero-order valence-electron chi connectivity index (χ0n) is 18.9. The number of piperazine rings is 1. The molecular formula is C24H33N5O2. The second kappa shape index (κ2) is 9.54. The second-order valence-electron chi connectivity index (χ2n) is 8.77. The molecular weight excluding hydrogens is 390 g/mol. The average Bonchev–Trinajstić information content (AvgIpc) is 2.80. The van der Waals surface area contributed by atoms with E-state index in [-0.39, 0.29) is 5.91 Å². The molecule has 0 aliphatic carbocycles. The highest BCUT2D eigenvalue weighted by molar-refractivity contribution is 5.79. The maximum Gasteiger partial charge on any atom is 0.227 e. The van der Waals surface area contributed by atoms with Gasteiger partial charge in [-0.15, -0.1) is 10.2 Å². The summed E-state index contributed by atoms with van der Waals surface area (Å²) in [5, 5.41) is 8.96. The van der Waals surface area contributed by atoms with Gasteiger partial charge in [-0.2, -0.15) is 0 Å². The Bertz CT molecular complexity index is 885. The minimum absolute atomic E-state index is 0.171. The lowest BCUT2D eigenvalue weighted by molar-refractivity contribution is -0.130. The summed E-state index contributed by atoms with van der Waals surface area (Å²) in [4.78, 5) is 19.3. The van der Waals surface area contributed by atoms with Crippen LogP contribution in [0.3, 0.4) is 0 Å². The Hall–Kier alpha value is -2.83. The van der Waals surface area contributed by atoms with Crippen molar-refractivity contribution in [1.82, 2.24) is 15.1 Å². The van der Waals surface area contributed by atoms with Gasteiger partial charge in [-0.1, -0.05) is 19.1 Å². The fraction of sp³-hybridized carbons (Fsp3) is 0.542. The lowest BCUT2D eigenvalue weighted by Gasteiger charge is -2.35. The van der Waals surface area contributed by atoms with Gasteiger partial charge in [0.05, 0.1) is 13.5 Å². The SMILES string of the molecule is COc1ccc(CC(=O)N2CCN(c3ccc(N4CCC(C)CC4)nn3)CC2)cc1C. The van der Waals surface area contributed by atoms with E-state index < -0.39 is 0 Å². The Balaban J connectivity index is 1.29. The van der Waals surface area contributed by atoms with E-state index in [1.165, 1.54) is 12.8 Å². The number of rotatable bonds is 5. The standard InChI is InChI=1S/C24H33N5O2/c1-18-8-10-27(11-9-18)22-6-7-23(26-25-22)28-12-14-29(15-13-28)24(30)17-20-4-5-21(31-3)19(2)16-20/h4-7,16,18H,8-15,17H2,1-3H3. The van der Waals surface area contributed by atoms with E-state index in [0.29, 0.717) is 19.5 Å². The van der Waals surface area contributed by atoms with E-state index in [0.717, 1.165) is 60.6 Å². The van der Waals surface area contributed by atoms with Crippen LogP contribution in [0.5, 0.6) is 5.75 Å². The Labute approximate surface area is 185 Å². The molecule has 0 atom stereocenters. The monoisotopic (exact) mass is 423 g/mol. The number of nitrogens with zero attached hydrogens (tertiary/aromatic N) is 5. The first-order valence-electron chi connectivity index (χ1n) is 11.3. The molecule has 2 fully saturated rings. The Morgan fingerprint density at radius 2 is 1.58 bits per heavy atom. The molecule has 1 aromatic carbocycles. The van der Waals surface area contributed by atoms with Gasteiger partial charge in [-0.05, 0) is 55.0 Å². The van der Waals surface area contributed by atoms with E-state index in [9.17, 15) is 4.79 Å². The van der Waals surface area contributed by atoms with Gasteiger partial charge in [0.1, 0.15) is 5.75 Å². The summed E-state index contributed by atoms with van der Waals surface area (Å²) in [6, 6.07) is 10.1. The fourth-order valence-corrected chi connectivity index (χ4v) is 4.42. The van der Waals surface area contributed by atoms with Crippen LogP contribution in [0.25, 0.3) is 0 Å². The van der Waals surface area contributed by atoms with Crippen LogP contribution >= 0.6 is 0 Å². The molecule has 0 saturated carbocycles. The van der Waals surface area contributed by atoms with Crippen molar-refractivity contribution < 1.29 is 9.53 Å². The number of amides is 1. The highest BCUT2D eigenvalue weighted by Crippen LogP contribution is 2.23. The largest absolute Gasteiger partial charge is 0.496 e. The number of methoxy groups -OCH3 is 1. The van der Waals surface area contributed by atoms with E-state index in [4.69, 9.17) is 4.74 Å². The van der Waals surface area contributed by atoms with Crippen LogP contribution in [0.15, 0.2) is 30.3 Å². The van der Waals surface area contributed by atoms with Crippen molar-refractivity contribution in [2.45, 2.75) is 33.1 Å². The number of hydrogen-bond acceptors (Lipinski definition) is 6. The summed E-state index contributed by atoms with van der Waals surface area (Å²) in [7, 11) is 1.67. The Kier molecular flexibility index (Phi) is 6.59. The number of anilines is 2. The van der Waals surface area contributed by atoms with Crippen LogP contribution in [0.4, 0.5) is 11.6 Å². The molecule has 0 bridgehead atoms. The molecule has 3 heterocycles. The van der Waals surface area contributed by atoms with Gasteiger partial charge in [0, 0.05) is 39.3 Å². The first-order chi connectivity index (χ1) is 15.0. The Morgan fingerprint density at radius 3 is 2.13 bits per heavy atom. The zero-order valence-corrected chi connectivity index (χ0v) is 18.9. The maximum atomic E-state index is 12.8. The molecule has 0 radical (unpaired) electrons. The van der Waals surface area contributed by atoms with E-state index in [2.05, 4.69) is 39.1 Å². The van der Waals surface area contributed by atoms with Gasteiger partial charge >= 0.3 is 0 Å². The highest BCUT2D eigenvalue weighted by Gasteiger charge is 2.23. The summed E-state index contributed by atoms with van der Waals surface area (Å²) >= 11 is 0. The minimum atomic E-state index is 0.171. The molecule has 2 aliphatic rings. The van der Waals surface area contributed by atoms with Crippen LogP contribution in [-0.2, 0) is 11.2 Å². The van der Waals surface area contributed by atoms with Gasteiger partial charge in [0.25, 0.3) is 0 Å². The number of piperidine rings is 1. The van der Waals surface area contributed by atoms with Gasteiger partial charge in [-0.3, -0.25) is 4.79 Å². The van der Waals surface area contributed by atoms with Gasteiger partial charge < -0.3 is 19.4 Å². The number of aromatic nitrogens is 2. The average molecular weight is 424 g/mol. The van der Waals surface area contributed by atoms with E-state index >= 15 is 0 Å². The molecule has 0 spiro atoms. The van der Waals surface area contributed by atoms with Crippen LogP contribution in [0, 0.1) is 12.8 Å². The highest BCUT2D eigenvalue weighted by atomic mass is 16.5. The number of carbonyl (C=O) groups excluding carboxylic acids is 1. The topological polar surface area (TPSA) is 61.8 Å². The molecule has 166 valence electrons. The number of ether oxygens (including phenoxy) is 1. The molecule has 2 aromatic rings. The molecule has 31 heavy (non-hydrogen) atoms. The predicted molar refractivity (Wildman–Crippen MR) is 123 cm³/mol. The zero-order chi connectivity index (χ0) is 21.8. The molecule has 2 aliphatic heterocycles. The summed E-state index contributed by atoms with van der Waals surface area (Å²) in [5.74, 6) is 3.69. The molecule has 1 amide bonds. The number of aryl methyl sites for hydroxylation is 1. The van der Waals surface area contributed by atoms with Crippen LogP contribution < -0.4 is 14.5 Å². The quantitative estimate of drug-likeness (QED) is 0.737. The molecule has 2 saturated heterocycles. The molecule has 0 unspecified atom stereocenters. The van der Waals surface area contributed by atoms with Crippen LogP contribution in [0.2, 0.25) is 0 Å². The lowest BCUT2D eigenvalue weighted by atomic mass is 9.99. The van der Waals surface area contributed by atoms with Gasteiger partial charge in [0.15, 0.2) is 11.6 Å². The number of hydrogen-bond donors (Lipinski definition) is 0. The lowest BCUT2D eigenvalue weighted by Crippen LogP contribution is -2.49. The summed E-state index contributed by atoms with van der Waals surface area (Å²) < 4.78 is 5.31. The van der Waals surface area contributed by atoms with Crippen molar-refractivity contribution in [3.63, 3.8) is 0 Å². The third kappa shape index (κ3) is 5.09. The fourth-order valence-electron chi connectivity index (χ4n) is 4.42. The maximum absolute atomic E-state index is 12.8. The summed E-state index contributed by atoms with van der Waals surface area (Å²) in [6.07, 6.45) is 2.86. The summed E-state index contributed by atoms with van der Waals surface area (Å²) in [6.45, 7) is 9.42. The smallest absolute Gasteiger partial charge is 0.227 e. The molecule has 7 heteroatoms. The van der Waals surface area contributed by atoms with Crippen LogP contribution in [0.1, 0.15) is 30.9 Å². The number of benzene rings is 1. The number of carbonyl (C=O) groups is 1. The Morgan fingerprint density at radius 1 is 0.968 bits per heavy atom. The molecule has 7 nitrogen and oxygen atoms in total. The van der Waals surface area contributed by atoms with Crippen molar-refractivity contribution in [3.8, 4) is 5.75 Å². The molecule has 1 aromatic heterocycles. The first-order valence-corrected chi connectivity index (χ1v) is 11.3. The normalized spacial score (nSPS) is 17.7. The molecule has 4 rings (SSSR count). The van der Waals surface area contributed by atoms with Crippen molar-refractivity contribution in [1.29, 1.82) is 0 Å². The second-order valence-corrected chi connectivity index (χ2v) is 8.77. The van der Waals surface area contributed by atoms with Crippen molar-refractivity contribution in [2.24, 2.45) is 5.92 Å². The third-order valence-corrected chi connectivity index (χ3v) is 6.51. The van der Waals surface area contributed by atoms with Gasteiger partial charge in [-0.25, -0.2) is 0 Å². The third-order valence-electron chi connectivity index (χ3n) is 6.51. The van der Waals surface area contributed by atoms with E-state index in [1.807, 2.05) is 30.0 Å². The summed E-state index contributed by atoms with van der Waals surface area (Å²) in [5.41, 5.74) is 2.08. The van der Waals surface area contributed by atoms with Crippen molar-refractivity contribution >= 4 is 17.5 Å².